The van der Waals surface area contributed by atoms with E-state index in [9.17, 15) is 8.42 Å². The Bertz CT molecular complexity index is 250. The molecule has 1 aliphatic rings. The molecular weight excluding hydrogens is 176 g/mol. The minimum atomic E-state index is -3.01. The van der Waals surface area contributed by atoms with Crippen LogP contribution in [0.3, 0.4) is 0 Å². The van der Waals surface area contributed by atoms with Crippen molar-refractivity contribution in [1.29, 1.82) is 0 Å². The summed E-state index contributed by atoms with van der Waals surface area (Å²) in [6.07, 6.45) is 1.27. The molecule has 12 heavy (non-hydrogen) atoms. The predicted octanol–water partition coefficient (Wildman–Crippen LogP) is -0.372. The van der Waals surface area contributed by atoms with E-state index in [1.54, 1.807) is 4.31 Å². The van der Waals surface area contributed by atoms with E-state index in [0.29, 0.717) is 6.54 Å². The maximum Gasteiger partial charge on any atom is 0.211 e. The normalized spacial score (nSPS) is 33.6. The van der Waals surface area contributed by atoms with Gasteiger partial charge in [0.1, 0.15) is 0 Å². The van der Waals surface area contributed by atoms with Crippen LogP contribution in [-0.4, -0.2) is 44.2 Å². The first-order chi connectivity index (χ1) is 5.41. The second-order valence-corrected chi connectivity index (χ2v) is 5.43. The number of rotatable bonds is 1. The lowest BCUT2D eigenvalue weighted by Gasteiger charge is -2.35. The molecule has 4 nitrogen and oxygen atoms in total. The fourth-order valence-corrected chi connectivity index (χ4v) is 2.67. The molecule has 1 rings (SSSR count). The maximum atomic E-state index is 11.2. The van der Waals surface area contributed by atoms with Crippen LogP contribution in [0.1, 0.15) is 13.8 Å². The monoisotopic (exact) mass is 192 g/mol. The molecule has 0 aromatic rings. The topological polar surface area (TPSA) is 49.4 Å². The summed E-state index contributed by atoms with van der Waals surface area (Å²) in [4.78, 5) is 0. The fraction of sp³-hybridized carbons (Fsp3) is 1.00. The van der Waals surface area contributed by atoms with E-state index >= 15 is 0 Å². The Morgan fingerprint density at radius 2 is 2.00 bits per heavy atom. The van der Waals surface area contributed by atoms with Gasteiger partial charge in [-0.1, -0.05) is 0 Å². The van der Waals surface area contributed by atoms with Gasteiger partial charge in [-0.25, -0.2) is 8.42 Å². The van der Waals surface area contributed by atoms with E-state index in [-0.39, 0.29) is 12.1 Å². The van der Waals surface area contributed by atoms with E-state index in [1.165, 1.54) is 6.26 Å². The molecule has 1 heterocycles. The van der Waals surface area contributed by atoms with Gasteiger partial charge in [-0.2, -0.15) is 4.31 Å². The Morgan fingerprint density at radius 1 is 1.42 bits per heavy atom. The molecule has 0 spiro atoms. The van der Waals surface area contributed by atoms with Crippen LogP contribution in [-0.2, 0) is 10.0 Å². The van der Waals surface area contributed by atoms with Crippen molar-refractivity contribution in [3.63, 3.8) is 0 Å². The van der Waals surface area contributed by atoms with Gasteiger partial charge in [-0.3, -0.25) is 0 Å². The van der Waals surface area contributed by atoms with E-state index in [0.717, 1.165) is 6.54 Å². The zero-order chi connectivity index (χ0) is 9.35. The highest BCUT2D eigenvalue weighted by atomic mass is 32.2. The summed E-state index contributed by atoms with van der Waals surface area (Å²) in [5.74, 6) is 0. The van der Waals surface area contributed by atoms with Crippen molar-refractivity contribution >= 4 is 10.0 Å². The third-order valence-corrected chi connectivity index (χ3v) is 3.49. The summed E-state index contributed by atoms with van der Waals surface area (Å²) < 4.78 is 24.0. The number of hydrogen-bond donors (Lipinski definition) is 1. The molecule has 0 unspecified atom stereocenters. The van der Waals surface area contributed by atoms with E-state index in [2.05, 4.69) is 5.32 Å². The lowest BCUT2D eigenvalue weighted by Crippen LogP contribution is -2.55. The molecular formula is C7H16N2O2S. The van der Waals surface area contributed by atoms with Gasteiger partial charge in [0.2, 0.25) is 10.0 Å². The molecule has 1 saturated heterocycles. The number of nitrogens with one attached hydrogen (secondary N) is 1. The minimum Gasteiger partial charge on any atom is -0.311 e. The van der Waals surface area contributed by atoms with Crippen LogP contribution >= 0.6 is 0 Å². The molecule has 0 aromatic heterocycles. The second kappa shape index (κ2) is 3.32. The van der Waals surface area contributed by atoms with E-state index in [4.69, 9.17) is 0 Å². The lowest BCUT2D eigenvalue weighted by atomic mass is 10.2. The third kappa shape index (κ3) is 2.18. The Morgan fingerprint density at radius 3 is 2.42 bits per heavy atom. The summed E-state index contributed by atoms with van der Waals surface area (Å²) >= 11 is 0. The standard InChI is InChI=1S/C7H16N2O2S/c1-6-5-9(12(3,10)11)7(2)4-8-6/h6-8H,4-5H2,1-3H3/t6-,7+/m0/s1. The summed E-state index contributed by atoms with van der Waals surface area (Å²) in [7, 11) is -3.01. The molecule has 0 aromatic carbocycles. The van der Waals surface area contributed by atoms with Gasteiger partial charge in [0.15, 0.2) is 0 Å². The minimum absolute atomic E-state index is 0.0798. The highest BCUT2D eigenvalue weighted by Gasteiger charge is 2.28. The van der Waals surface area contributed by atoms with Crippen LogP contribution in [0.4, 0.5) is 0 Å². The van der Waals surface area contributed by atoms with E-state index < -0.39 is 10.0 Å². The van der Waals surface area contributed by atoms with Gasteiger partial charge < -0.3 is 5.32 Å². The van der Waals surface area contributed by atoms with Crippen molar-refractivity contribution in [2.45, 2.75) is 25.9 Å². The van der Waals surface area contributed by atoms with Crippen LogP contribution < -0.4 is 5.32 Å². The van der Waals surface area contributed by atoms with E-state index in [1.807, 2.05) is 13.8 Å². The summed E-state index contributed by atoms with van der Waals surface area (Å²) in [5, 5.41) is 3.23. The van der Waals surface area contributed by atoms with Crippen LogP contribution in [0.25, 0.3) is 0 Å². The third-order valence-electron chi connectivity index (χ3n) is 2.13. The SMILES string of the molecule is C[C@@H]1CN[C@@H](C)CN1S(C)(=O)=O. The lowest BCUT2D eigenvalue weighted by molar-refractivity contribution is 0.246. The van der Waals surface area contributed by atoms with Gasteiger partial charge in [0.05, 0.1) is 6.26 Å². The van der Waals surface area contributed by atoms with Crippen molar-refractivity contribution in [1.82, 2.24) is 9.62 Å². The molecule has 1 aliphatic heterocycles. The molecule has 2 atom stereocenters. The number of piperazine rings is 1. The molecule has 0 amide bonds. The molecule has 5 heteroatoms. The summed E-state index contributed by atoms with van der Waals surface area (Å²) in [6.45, 7) is 5.23. The zero-order valence-electron chi connectivity index (χ0n) is 7.74. The van der Waals surface area contributed by atoms with Crippen LogP contribution in [0.15, 0.2) is 0 Å². The van der Waals surface area contributed by atoms with Gasteiger partial charge in [0.25, 0.3) is 0 Å². The zero-order valence-corrected chi connectivity index (χ0v) is 8.56. The Hall–Kier alpha value is -0.130. The molecule has 0 saturated carbocycles. The largest absolute Gasteiger partial charge is 0.311 e. The molecule has 0 bridgehead atoms. The average molecular weight is 192 g/mol. The number of nitrogens with zero attached hydrogens (tertiary/aromatic N) is 1. The quantitative estimate of drug-likeness (QED) is 0.616. The Kier molecular flexibility index (Phi) is 2.75. The molecule has 1 fully saturated rings. The summed E-state index contributed by atoms with van der Waals surface area (Å²) in [5.41, 5.74) is 0. The highest BCUT2D eigenvalue weighted by Crippen LogP contribution is 2.10. The number of hydrogen-bond acceptors (Lipinski definition) is 3. The van der Waals surface area contributed by atoms with Crippen molar-refractivity contribution in [3.8, 4) is 0 Å². The smallest absolute Gasteiger partial charge is 0.211 e. The summed E-state index contributed by atoms with van der Waals surface area (Å²) in [6, 6.07) is 0.340. The van der Waals surface area contributed by atoms with Gasteiger partial charge >= 0.3 is 0 Å². The Balaban J connectivity index is 2.74. The number of sulfonamides is 1. The first kappa shape index (κ1) is 9.95. The van der Waals surface area contributed by atoms with Crippen LogP contribution in [0, 0.1) is 0 Å². The average Bonchev–Trinajstić information content (AvgIpc) is 1.92. The first-order valence-corrected chi connectivity index (χ1v) is 5.96. The Labute approximate surface area is 74.0 Å². The van der Waals surface area contributed by atoms with Gasteiger partial charge in [0, 0.05) is 25.2 Å². The molecule has 1 N–H and O–H groups in total. The van der Waals surface area contributed by atoms with Crippen LogP contribution in [0.2, 0.25) is 0 Å². The van der Waals surface area contributed by atoms with Crippen molar-refractivity contribution in [2.75, 3.05) is 19.3 Å². The fourth-order valence-electron chi connectivity index (χ4n) is 1.45. The van der Waals surface area contributed by atoms with Crippen molar-refractivity contribution < 1.29 is 8.42 Å². The predicted molar refractivity (Wildman–Crippen MR) is 48.5 cm³/mol. The van der Waals surface area contributed by atoms with Crippen molar-refractivity contribution in [3.05, 3.63) is 0 Å². The second-order valence-electron chi connectivity index (χ2n) is 3.49. The van der Waals surface area contributed by atoms with Gasteiger partial charge in [-0.15, -0.1) is 0 Å². The van der Waals surface area contributed by atoms with Crippen LogP contribution in [0.5, 0.6) is 0 Å². The first-order valence-electron chi connectivity index (χ1n) is 4.11. The highest BCUT2D eigenvalue weighted by molar-refractivity contribution is 7.88. The van der Waals surface area contributed by atoms with Gasteiger partial charge in [-0.05, 0) is 13.8 Å². The van der Waals surface area contributed by atoms with Crippen molar-refractivity contribution in [2.24, 2.45) is 0 Å². The maximum absolute atomic E-state index is 11.2. The molecule has 0 aliphatic carbocycles. The molecule has 0 radical (unpaired) electrons. The molecule has 72 valence electrons.